The van der Waals surface area contributed by atoms with Crippen molar-refractivity contribution < 1.29 is 18.4 Å². The van der Waals surface area contributed by atoms with E-state index in [0.717, 1.165) is 0 Å². The van der Waals surface area contributed by atoms with Crippen LogP contribution in [0, 0.1) is 15.9 Å². The Morgan fingerprint density at radius 2 is 1.76 bits per heavy atom. The van der Waals surface area contributed by atoms with Crippen molar-refractivity contribution in [2.45, 2.75) is 0 Å². The first kappa shape index (κ1) is 20.7. The number of fused-ring (bicyclic) bond motifs is 1. The fourth-order valence-electron chi connectivity index (χ4n) is 2.98. The zero-order valence-corrected chi connectivity index (χ0v) is 17.0. The molecule has 0 aliphatic rings. The molecule has 0 spiro atoms. The number of rotatable bonds is 7. The van der Waals surface area contributed by atoms with Crippen molar-refractivity contribution in [1.29, 1.82) is 0 Å². The maximum atomic E-state index is 13.2. The van der Waals surface area contributed by atoms with Gasteiger partial charge in [-0.2, -0.15) is 10.1 Å². The smallest absolute Gasteiger partial charge is 0.270 e. The quantitative estimate of drug-likeness (QED) is 0.201. The highest BCUT2D eigenvalue weighted by Crippen LogP contribution is 2.26. The number of hydrazone groups is 1. The summed E-state index contributed by atoms with van der Waals surface area (Å²) in [5.74, 6) is 0.912. The molecule has 3 aromatic heterocycles. The second kappa shape index (κ2) is 8.74. The van der Waals surface area contributed by atoms with Crippen LogP contribution in [0.1, 0.15) is 5.76 Å². The molecule has 3 heterocycles. The van der Waals surface area contributed by atoms with Crippen molar-refractivity contribution in [2.75, 3.05) is 10.7 Å². The van der Waals surface area contributed by atoms with Crippen LogP contribution < -0.4 is 10.7 Å². The molecule has 0 unspecified atom stereocenters. The highest BCUT2D eigenvalue weighted by atomic mass is 19.1. The van der Waals surface area contributed by atoms with Gasteiger partial charge in [0, 0.05) is 23.4 Å². The molecular weight excluding hydrogens is 447 g/mol. The fraction of sp³-hybridized carbons (Fsp3) is 0. The van der Waals surface area contributed by atoms with Crippen LogP contribution in [0.3, 0.4) is 0 Å². The Morgan fingerprint density at radius 3 is 2.53 bits per heavy atom. The topological polar surface area (TPSA) is 157 Å². The van der Waals surface area contributed by atoms with E-state index in [1.165, 1.54) is 42.6 Å². The van der Waals surface area contributed by atoms with Gasteiger partial charge in [-0.15, -0.1) is 0 Å². The number of anilines is 3. The largest absolute Gasteiger partial charge is 0.455 e. The van der Waals surface area contributed by atoms with E-state index in [0.29, 0.717) is 22.8 Å². The number of furan rings is 1. The van der Waals surface area contributed by atoms with Gasteiger partial charge in [-0.1, -0.05) is 12.1 Å². The number of hydrogen-bond acceptors (Lipinski definition) is 11. The maximum absolute atomic E-state index is 13.2. The average molecular weight is 460 g/mol. The van der Waals surface area contributed by atoms with Crippen molar-refractivity contribution in [3.05, 3.63) is 82.4 Å². The molecule has 0 radical (unpaired) electrons. The van der Waals surface area contributed by atoms with Crippen LogP contribution in [-0.4, -0.2) is 31.4 Å². The Kier molecular flexibility index (Phi) is 5.32. The molecule has 34 heavy (non-hydrogen) atoms. The minimum Gasteiger partial charge on any atom is -0.455 e. The summed E-state index contributed by atoms with van der Waals surface area (Å²) in [5.41, 5.74) is 4.16. The molecule has 0 bridgehead atoms. The molecule has 5 aromatic rings. The number of hydrogen-bond donors (Lipinski definition) is 2. The van der Waals surface area contributed by atoms with Crippen LogP contribution in [0.25, 0.3) is 22.6 Å². The molecule has 12 nitrogen and oxygen atoms in total. The van der Waals surface area contributed by atoms with Gasteiger partial charge >= 0.3 is 0 Å². The Balaban J connectivity index is 1.36. The number of non-ortho nitro benzene ring substituents is 1. The summed E-state index contributed by atoms with van der Waals surface area (Å²) < 4.78 is 23.6. The second-order valence-corrected chi connectivity index (χ2v) is 6.84. The number of aromatic nitrogens is 4. The van der Waals surface area contributed by atoms with Crippen molar-refractivity contribution in [3.63, 3.8) is 0 Å². The highest BCUT2D eigenvalue weighted by molar-refractivity contribution is 5.80. The van der Waals surface area contributed by atoms with Crippen molar-refractivity contribution >= 4 is 40.5 Å². The van der Waals surface area contributed by atoms with Gasteiger partial charge in [0.15, 0.2) is 11.6 Å². The first-order valence-corrected chi connectivity index (χ1v) is 9.72. The van der Waals surface area contributed by atoms with Gasteiger partial charge in [0.1, 0.15) is 17.3 Å². The normalized spacial score (nSPS) is 11.2. The summed E-state index contributed by atoms with van der Waals surface area (Å²) in [6.07, 6.45) is 1.40. The minimum absolute atomic E-state index is 0.0386. The average Bonchev–Trinajstić information content (AvgIpc) is 3.50. The van der Waals surface area contributed by atoms with Gasteiger partial charge in [-0.05, 0) is 46.7 Å². The molecule has 0 saturated carbocycles. The van der Waals surface area contributed by atoms with E-state index >= 15 is 0 Å². The Hall–Kier alpha value is -5.20. The lowest BCUT2D eigenvalue weighted by Gasteiger charge is -2.09. The molecule has 0 aliphatic carbocycles. The van der Waals surface area contributed by atoms with E-state index in [2.05, 4.69) is 40.8 Å². The highest BCUT2D eigenvalue weighted by Gasteiger charge is 2.13. The maximum Gasteiger partial charge on any atom is 0.270 e. The predicted molar refractivity (Wildman–Crippen MR) is 119 cm³/mol. The zero-order valence-electron chi connectivity index (χ0n) is 17.0. The van der Waals surface area contributed by atoms with Gasteiger partial charge in [-0.3, -0.25) is 15.5 Å². The lowest BCUT2D eigenvalue weighted by Crippen LogP contribution is -2.03. The van der Waals surface area contributed by atoms with Gasteiger partial charge < -0.3 is 9.73 Å². The van der Waals surface area contributed by atoms with Crippen molar-refractivity contribution in [2.24, 2.45) is 5.10 Å². The molecule has 2 N–H and O–H groups in total. The SMILES string of the molecule is O=[N+]([O-])c1cccc(-c2ccc(/C=N/Nc3nc4nonc4nc3Nc3ccc(F)cc3)o2)c1. The molecule has 0 amide bonds. The number of benzene rings is 2. The summed E-state index contributed by atoms with van der Waals surface area (Å²) in [7, 11) is 0. The molecule has 0 atom stereocenters. The summed E-state index contributed by atoms with van der Waals surface area (Å²) in [6.45, 7) is 0. The number of halogens is 1. The monoisotopic (exact) mass is 460 g/mol. The summed E-state index contributed by atoms with van der Waals surface area (Å²) in [5, 5.41) is 25.4. The van der Waals surface area contributed by atoms with E-state index in [4.69, 9.17) is 4.42 Å². The van der Waals surface area contributed by atoms with E-state index in [1.54, 1.807) is 24.3 Å². The summed E-state index contributed by atoms with van der Waals surface area (Å²) in [4.78, 5) is 19.1. The second-order valence-electron chi connectivity index (χ2n) is 6.84. The summed E-state index contributed by atoms with van der Waals surface area (Å²) >= 11 is 0. The van der Waals surface area contributed by atoms with E-state index < -0.39 is 4.92 Å². The van der Waals surface area contributed by atoms with Gasteiger partial charge in [0.25, 0.3) is 5.69 Å². The van der Waals surface area contributed by atoms with Gasteiger partial charge in [-0.25, -0.2) is 14.0 Å². The lowest BCUT2D eigenvalue weighted by molar-refractivity contribution is -0.384. The zero-order chi connectivity index (χ0) is 23.5. The molecule has 0 fully saturated rings. The standard InChI is InChI=1S/C21H13FN8O4/c22-13-4-6-14(7-5-13)24-18-19(26-21-20(25-18)28-34-29-21)27-23-11-16-8-9-17(33-16)12-2-1-3-15(10-12)30(31)32/h1-11H,(H,24,25,28)(H,26,27,29)/b23-11+. The number of nitrogens with one attached hydrogen (secondary N) is 2. The third kappa shape index (κ3) is 4.38. The molecule has 168 valence electrons. The molecule has 0 saturated heterocycles. The van der Waals surface area contributed by atoms with E-state index in [-0.39, 0.29) is 34.4 Å². The van der Waals surface area contributed by atoms with Gasteiger partial charge in [0.2, 0.25) is 11.3 Å². The summed E-state index contributed by atoms with van der Waals surface area (Å²) in [6, 6.07) is 15.1. The molecule has 0 aliphatic heterocycles. The first-order valence-electron chi connectivity index (χ1n) is 9.72. The molecule has 2 aromatic carbocycles. The van der Waals surface area contributed by atoms with Crippen LogP contribution in [0.2, 0.25) is 0 Å². The van der Waals surface area contributed by atoms with Crippen LogP contribution >= 0.6 is 0 Å². The van der Waals surface area contributed by atoms with Gasteiger partial charge in [0.05, 0.1) is 11.1 Å². The predicted octanol–water partition coefficient (Wildman–Crippen LogP) is 4.51. The minimum atomic E-state index is -0.474. The number of nitro benzene ring substituents is 1. The Bertz CT molecular complexity index is 1510. The lowest BCUT2D eigenvalue weighted by atomic mass is 10.1. The fourth-order valence-corrected chi connectivity index (χ4v) is 2.98. The van der Waals surface area contributed by atoms with E-state index in [1.807, 2.05) is 0 Å². The van der Waals surface area contributed by atoms with Crippen LogP contribution in [0.4, 0.5) is 27.4 Å². The molecule has 5 rings (SSSR count). The van der Waals surface area contributed by atoms with Crippen molar-refractivity contribution in [1.82, 2.24) is 20.3 Å². The Labute approximate surface area is 189 Å². The third-order valence-corrected chi connectivity index (χ3v) is 4.55. The number of nitrogens with zero attached hydrogens (tertiary/aromatic N) is 6. The molecule has 13 heteroatoms. The third-order valence-electron chi connectivity index (χ3n) is 4.55. The van der Waals surface area contributed by atoms with Crippen molar-refractivity contribution in [3.8, 4) is 11.3 Å². The number of nitro groups is 1. The van der Waals surface area contributed by atoms with Crippen LogP contribution in [0.5, 0.6) is 0 Å². The first-order chi connectivity index (χ1) is 16.5. The molecular formula is C21H13FN8O4. The van der Waals surface area contributed by atoms with E-state index in [9.17, 15) is 14.5 Å². The van der Waals surface area contributed by atoms with Crippen LogP contribution in [-0.2, 0) is 0 Å². The Morgan fingerprint density at radius 1 is 1.00 bits per heavy atom. The van der Waals surface area contributed by atoms with Crippen LogP contribution in [0.15, 0.2) is 74.8 Å².